The number of likely N-dealkylation sites (N-methyl/N-ethyl adjacent to an activating group) is 1. The highest BCUT2D eigenvalue weighted by atomic mass is 16.2. The standard InChI is InChI=1S/C22H25N5O6/c1-23-20(31)16(12-25-18(29)7-9-27-10-8-24-21(32)22(27)33)26-19(30)14-5-6-15-13(11-14)3-2-4-17(15)28/h5-6,8,10-11,16H,2-4,7,9,12H2,1H3,(H,23,31)(H,24,32)(H,25,29)(H,26,30)/t16-/m0/s1. The van der Waals surface area contributed by atoms with Gasteiger partial charge in [0, 0.05) is 56.5 Å². The predicted molar refractivity (Wildman–Crippen MR) is 118 cm³/mol. The monoisotopic (exact) mass is 455 g/mol. The zero-order valence-electron chi connectivity index (χ0n) is 18.1. The molecule has 0 radical (unpaired) electrons. The number of ketones is 1. The number of aromatic amines is 1. The summed E-state index contributed by atoms with van der Waals surface area (Å²) in [7, 11) is 1.41. The van der Waals surface area contributed by atoms with E-state index in [-0.39, 0.29) is 25.3 Å². The Balaban J connectivity index is 1.60. The van der Waals surface area contributed by atoms with E-state index < -0.39 is 34.9 Å². The number of benzene rings is 1. The van der Waals surface area contributed by atoms with E-state index in [1.54, 1.807) is 12.1 Å². The molecule has 2 aromatic rings. The van der Waals surface area contributed by atoms with Crippen molar-refractivity contribution in [1.29, 1.82) is 0 Å². The number of hydrogen-bond donors (Lipinski definition) is 4. The fourth-order valence-electron chi connectivity index (χ4n) is 3.58. The second kappa shape index (κ2) is 10.5. The number of H-pyrrole nitrogens is 1. The number of Topliss-reactive ketones (excluding diaryl/α,β-unsaturated/α-hetero) is 1. The number of carbonyl (C=O) groups excluding carboxylic acids is 4. The second-order valence-electron chi connectivity index (χ2n) is 7.63. The van der Waals surface area contributed by atoms with Crippen molar-refractivity contribution in [2.45, 2.75) is 38.3 Å². The van der Waals surface area contributed by atoms with Crippen molar-refractivity contribution in [3.8, 4) is 0 Å². The topological polar surface area (TPSA) is 159 Å². The van der Waals surface area contributed by atoms with Crippen LogP contribution in [0, 0.1) is 0 Å². The molecule has 1 heterocycles. The lowest BCUT2D eigenvalue weighted by Gasteiger charge is -2.19. The number of aryl methyl sites for hydroxylation is 2. The van der Waals surface area contributed by atoms with Crippen LogP contribution in [0.25, 0.3) is 0 Å². The lowest BCUT2D eigenvalue weighted by atomic mass is 9.89. The van der Waals surface area contributed by atoms with Crippen LogP contribution in [0.5, 0.6) is 0 Å². The van der Waals surface area contributed by atoms with E-state index in [9.17, 15) is 28.8 Å². The molecule has 1 aromatic heterocycles. The van der Waals surface area contributed by atoms with Gasteiger partial charge in [-0.15, -0.1) is 0 Å². The summed E-state index contributed by atoms with van der Waals surface area (Å²) in [6, 6.07) is 3.78. The third kappa shape index (κ3) is 5.82. The molecule has 0 spiro atoms. The smallest absolute Gasteiger partial charge is 0.316 e. The van der Waals surface area contributed by atoms with Gasteiger partial charge in [-0.2, -0.15) is 0 Å². The van der Waals surface area contributed by atoms with Crippen LogP contribution < -0.4 is 27.1 Å². The minimum absolute atomic E-state index is 0.0145. The van der Waals surface area contributed by atoms with Crippen molar-refractivity contribution in [3.05, 3.63) is 68.0 Å². The minimum atomic E-state index is -1.04. The zero-order chi connectivity index (χ0) is 24.0. The first-order chi connectivity index (χ1) is 15.8. The Morgan fingerprint density at radius 1 is 1.15 bits per heavy atom. The summed E-state index contributed by atoms with van der Waals surface area (Å²) < 4.78 is 1.11. The van der Waals surface area contributed by atoms with Gasteiger partial charge in [0.1, 0.15) is 6.04 Å². The highest BCUT2D eigenvalue weighted by Crippen LogP contribution is 2.22. The van der Waals surface area contributed by atoms with Crippen LogP contribution in [0.15, 0.2) is 40.2 Å². The van der Waals surface area contributed by atoms with E-state index in [0.717, 1.165) is 16.6 Å². The van der Waals surface area contributed by atoms with Gasteiger partial charge in [0.15, 0.2) is 5.78 Å². The average molecular weight is 455 g/mol. The van der Waals surface area contributed by atoms with Crippen molar-refractivity contribution in [2.75, 3.05) is 13.6 Å². The fraction of sp³-hybridized carbons (Fsp3) is 0.364. The molecule has 174 valence electrons. The molecule has 1 aliphatic carbocycles. The molecule has 3 amide bonds. The Hall–Kier alpha value is -4.02. The van der Waals surface area contributed by atoms with Crippen LogP contribution in [-0.2, 0) is 22.6 Å². The Kier molecular flexibility index (Phi) is 7.54. The maximum Gasteiger partial charge on any atom is 0.316 e. The average Bonchev–Trinajstić information content (AvgIpc) is 2.81. The van der Waals surface area contributed by atoms with Crippen LogP contribution >= 0.6 is 0 Å². The first-order valence-electron chi connectivity index (χ1n) is 10.5. The van der Waals surface area contributed by atoms with Crippen molar-refractivity contribution in [3.63, 3.8) is 0 Å². The van der Waals surface area contributed by atoms with Crippen molar-refractivity contribution >= 4 is 23.5 Å². The number of fused-ring (bicyclic) bond motifs is 1. The summed E-state index contributed by atoms with van der Waals surface area (Å²) in [5.74, 6) is -1.41. The molecule has 11 nitrogen and oxygen atoms in total. The number of nitrogens with zero attached hydrogens (tertiary/aromatic N) is 1. The van der Waals surface area contributed by atoms with Crippen molar-refractivity contribution in [1.82, 2.24) is 25.5 Å². The number of amides is 3. The van der Waals surface area contributed by atoms with E-state index in [2.05, 4.69) is 20.9 Å². The Morgan fingerprint density at radius 3 is 2.70 bits per heavy atom. The molecule has 4 N–H and O–H groups in total. The van der Waals surface area contributed by atoms with Gasteiger partial charge in [-0.3, -0.25) is 28.8 Å². The maximum absolute atomic E-state index is 12.7. The van der Waals surface area contributed by atoms with Gasteiger partial charge in [0.25, 0.3) is 5.91 Å². The predicted octanol–water partition coefficient (Wildman–Crippen LogP) is -0.893. The summed E-state index contributed by atoms with van der Waals surface area (Å²) in [4.78, 5) is 74.4. The summed E-state index contributed by atoms with van der Waals surface area (Å²) >= 11 is 0. The Bertz CT molecular complexity index is 1200. The quantitative estimate of drug-likeness (QED) is 0.378. The van der Waals surface area contributed by atoms with Gasteiger partial charge in [-0.05, 0) is 30.5 Å². The molecular weight excluding hydrogens is 430 g/mol. The first kappa shape index (κ1) is 23.6. The lowest BCUT2D eigenvalue weighted by Crippen LogP contribution is -2.52. The fourth-order valence-corrected chi connectivity index (χ4v) is 3.58. The molecule has 1 atom stereocenters. The highest BCUT2D eigenvalue weighted by Gasteiger charge is 2.23. The molecule has 11 heteroatoms. The SMILES string of the molecule is CNC(=O)[C@H](CNC(=O)CCn1cc[nH]c(=O)c1=O)NC(=O)c1ccc2c(c1)CCCC2=O. The van der Waals surface area contributed by atoms with E-state index >= 15 is 0 Å². The van der Waals surface area contributed by atoms with Gasteiger partial charge >= 0.3 is 11.1 Å². The summed E-state index contributed by atoms with van der Waals surface area (Å²) in [5.41, 5.74) is 0.183. The first-order valence-corrected chi connectivity index (χ1v) is 10.5. The Morgan fingerprint density at radius 2 is 1.94 bits per heavy atom. The van der Waals surface area contributed by atoms with Crippen LogP contribution in [0.2, 0.25) is 0 Å². The molecule has 0 aliphatic heterocycles. The molecular formula is C22H25N5O6. The normalized spacial score (nSPS) is 13.5. The molecule has 0 saturated heterocycles. The molecule has 0 saturated carbocycles. The summed E-state index contributed by atoms with van der Waals surface area (Å²) in [5, 5.41) is 7.59. The second-order valence-corrected chi connectivity index (χ2v) is 7.63. The van der Waals surface area contributed by atoms with Crippen molar-refractivity contribution < 1.29 is 19.2 Å². The van der Waals surface area contributed by atoms with Crippen LogP contribution in [0.4, 0.5) is 0 Å². The van der Waals surface area contributed by atoms with Gasteiger partial charge in [0.2, 0.25) is 11.8 Å². The van der Waals surface area contributed by atoms with Crippen LogP contribution in [-0.4, -0.2) is 52.7 Å². The van der Waals surface area contributed by atoms with Crippen LogP contribution in [0.3, 0.4) is 0 Å². The largest absolute Gasteiger partial charge is 0.357 e. The number of carbonyl (C=O) groups is 4. The molecule has 0 unspecified atom stereocenters. The number of aromatic nitrogens is 2. The molecule has 33 heavy (non-hydrogen) atoms. The van der Waals surface area contributed by atoms with E-state index in [0.29, 0.717) is 24.0 Å². The van der Waals surface area contributed by atoms with Crippen LogP contribution in [0.1, 0.15) is 45.5 Å². The number of nitrogens with one attached hydrogen (secondary N) is 4. The number of hydrogen-bond acceptors (Lipinski definition) is 6. The third-order valence-corrected chi connectivity index (χ3v) is 5.39. The minimum Gasteiger partial charge on any atom is -0.357 e. The van der Waals surface area contributed by atoms with Gasteiger partial charge in [-0.1, -0.05) is 6.07 Å². The zero-order valence-corrected chi connectivity index (χ0v) is 18.1. The number of rotatable bonds is 8. The van der Waals surface area contributed by atoms with Gasteiger partial charge in [-0.25, -0.2) is 0 Å². The van der Waals surface area contributed by atoms with Gasteiger partial charge < -0.3 is 25.5 Å². The van der Waals surface area contributed by atoms with E-state index in [4.69, 9.17) is 0 Å². The molecule has 0 bridgehead atoms. The molecule has 3 rings (SSSR count). The third-order valence-electron chi connectivity index (χ3n) is 5.39. The lowest BCUT2D eigenvalue weighted by molar-refractivity contribution is -0.123. The summed E-state index contributed by atoms with van der Waals surface area (Å²) in [6.45, 7) is -0.183. The summed E-state index contributed by atoms with van der Waals surface area (Å²) in [6.07, 6.45) is 4.48. The highest BCUT2D eigenvalue weighted by molar-refractivity contribution is 6.02. The maximum atomic E-state index is 12.7. The van der Waals surface area contributed by atoms with Crippen molar-refractivity contribution in [2.24, 2.45) is 0 Å². The Labute approximate surface area is 188 Å². The molecule has 0 fully saturated rings. The van der Waals surface area contributed by atoms with E-state index in [1.807, 2.05) is 0 Å². The van der Waals surface area contributed by atoms with Gasteiger partial charge in [0.05, 0.1) is 0 Å². The molecule has 1 aromatic carbocycles. The van der Waals surface area contributed by atoms with E-state index in [1.165, 1.54) is 25.5 Å². The molecule has 1 aliphatic rings.